The molecule has 1 heterocycles. The highest BCUT2D eigenvalue weighted by atomic mass is 16.1. The maximum absolute atomic E-state index is 11.3. The van der Waals surface area contributed by atoms with Crippen molar-refractivity contribution in [1.82, 2.24) is 14.9 Å². The molecule has 78 valence electrons. The third-order valence-corrected chi connectivity index (χ3v) is 1.91. The lowest BCUT2D eigenvalue weighted by molar-refractivity contribution is -0.121. The van der Waals surface area contributed by atoms with E-state index in [0.717, 1.165) is 19.4 Å². The van der Waals surface area contributed by atoms with Gasteiger partial charge >= 0.3 is 0 Å². The van der Waals surface area contributed by atoms with Crippen LogP contribution in [-0.2, 0) is 11.3 Å². The van der Waals surface area contributed by atoms with Crippen molar-refractivity contribution >= 4 is 11.9 Å². The molecule has 0 saturated carbocycles. The fraction of sp³-hybridized carbons (Fsp3) is 0.556. The van der Waals surface area contributed by atoms with Crippen LogP contribution in [0.15, 0.2) is 12.4 Å². The van der Waals surface area contributed by atoms with Gasteiger partial charge in [-0.2, -0.15) is 0 Å². The number of amides is 1. The van der Waals surface area contributed by atoms with E-state index in [0.29, 0.717) is 5.95 Å². The smallest absolute Gasteiger partial charge is 0.240 e. The molecule has 5 heteroatoms. The van der Waals surface area contributed by atoms with Gasteiger partial charge in [0.15, 0.2) is 0 Å². The molecular formula is C9H16N4O. The summed E-state index contributed by atoms with van der Waals surface area (Å²) in [7, 11) is 0. The van der Waals surface area contributed by atoms with E-state index in [1.165, 1.54) is 0 Å². The second-order valence-corrected chi connectivity index (χ2v) is 3.12. The highest BCUT2D eigenvalue weighted by molar-refractivity contribution is 5.75. The number of nitrogens with one attached hydrogen (secondary N) is 1. The Morgan fingerprint density at radius 2 is 2.50 bits per heavy atom. The molecule has 1 aromatic heterocycles. The molecule has 0 spiro atoms. The Balaban J connectivity index is 2.31. The maximum Gasteiger partial charge on any atom is 0.240 e. The van der Waals surface area contributed by atoms with Gasteiger partial charge in [-0.3, -0.25) is 4.79 Å². The van der Waals surface area contributed by atoms with E-state index < -0.39 is 0 Å². The van der Waals surface area contributed by atoms with Gasteiger partial charge in [-0.25, -0.2) is 4.98 Å². The average molecular weight is 196 g/mol. The number of carbonyl (C=O) groups excluding carboxylic acids is 1. The van der Waals surface area contributed by atoms with Crippen molar-refractivity contribution < 1.29 is 4.79 Å². The summed E-state index contributed by atoms with van der Waals surface area (Å²) in [6, 6.07) is 0. The van der Waals surface area contributed by atoms with Crippen molar-refractivity contribution in [2.45, 2.75) is 26.3 Å². The van der Waals surface area contributed by atoms with Crippen LogP contribution in [0.5, 0.6) is 0 Å². The van der Waals surface area contributed by atoms with Gasteiger partial charge in [-0.1, -0.05) is 13.3 Å². The fourth-order valence-electron chi connectivity index (χ4n) is 1.09. The molecule has 3 N–H and O–H groups in total. The third kappa shape index (κ3) is 3.08. The number of anilines is 1. The lowest BCUT2D eigenvalue weighted by Gasteiger charge is -2.05. The topological polar surface area (TPSA) is 72.9 Å². The molecule has 1 amide bonds. The number of carbonyl (C=O) groups is 1. The molecule has 0 radical (unpaired) electrons. The van der Waals surface area contributed by atoms with Crippen molar-refractivity contribution in [2.24, 2.45) is 0 Å². The van der Waals surface area contributed by atoms with E-state index in [4.69, 9.17) is 5.73 Å². The van der Waals surface area contributed by atoms with Gasteiger partial charge in [0.05, 0.1) is 0 Å². The second kappa shape index (κ2) is 5.26. The van der Waals surface area contributed by atoms with E-state index in [1.807, 2.05) is 0 Å². The fourth-order valence-corrected chi connectivity index (χ4v) is 1.09. The highest BCUT2D eigenvalue weighted by Crippen LogP contribution is 1.97. The average Bonchev–Trinajstić information content (AvgIpc) is 2.52. The monoisotopic (exact) mass is 196 g/mol. The van der Waals surface area contributed by atoms with Gasteiger partial charge in [0.1, 0.15) is 6.54 Å². The zero-order valence-electron chi connectivity index (χ0n) is 8.36. The minimum absolute atomic E-state index is 0.0249. The summed E-state index contributed by atoms with van der Waals surface area (Å²) >= 11 is 0. The summed E-state index contributed by atoms with van der Waals surface area (Å²) < 4.78 is 1.61. The van der Waals surface area contributed by atoms with Crippen LogP contribution in [0.4, 0.5) is 5.95 Å². The summed E-state index contributed by atoms with van der Waals surface area (Å²) in [6.07, 6.45) is 5.35. The summed E-state index contributed by atoms with van der Waals surface area (Å²) in [5, 5.41) is 2.81. The number of rotatable bonds is 5. The number of nitrogens with zero attached hydrogens (tertiary/aromatic N) is 2. The predicted molar refractivity (Wildman–Crippen MR) is 54.6 cm³/mol. The molecule has 0 unspecified atom stereocenters. The number of unbranched alkanes of at least 4 members (excludes halogenated alkanes) is 1. The van der Waals surface area contributed by atoms with Crippen molar-refractivity contribution in [2.75, 3.05) is 12.3 Å². The summed E-state index contributed by atoms with van der Waals surface area (Å²) in [5.74, 6) is 0.346. The largest absolute Gasteiger partial charge is 0.369 e. The van der Waals surface area contributed by atoms with Crippen molar-refractivity contribution in [3.05, 3.63) is 12.4 Å². The highest BCUT2D eigenvalue weighted by Gasteiger charge is 2.03. The molecule has 0 bridgehead atoms. The van der Waals surface area contributed by atoms with Crippen LogP contribution >= 0.6 is 0 Å². The molecule has 0 aromatic carbocycles. The Bertz CT molecular complexity index is 295. The molecular weight excluding hydrogens is 180 g/mol. The molecule has 14 heavy (non-hydrogen) atoms. The minimum Gasteiger partial charge on any atom is -0.369 e. The van der Waals surface area contributed by atoms with Crippen LogP contribution in [0.25, 0.3) is 0 Å². The van der Waals surface area contributed by atoms with E-state index >= 15 is 0 Å². The summed E-state index contributed by atoms with van der Waals surface area (Å²) in [6.45, 7) is 3.06. The molecule has 0 aliphatic rings. The van der Waals surface area contributed by atoms with E-state index in [1.54, 1.807) is 17.0 Å². The number of nitrogens with two attached hydrogens (primary N) is 1. The SMILES string of the molecule is CCCCNC(=O)Cn1ccnc1N. The number of aromatic nitrogens is 2. The van der Waals surface area contributed by atoms with Gasteiger partial charge in [0.25, 0.3) is 0 Å². The first-order valence-electron chi connectivity index (χ1n) is 4.77. The van der Waals surface area contributed by atoms with Gasteiger partial charge in [-0.05, 0) is 6.42 Å². The maximum atomic E-state index is 11.3. The van der Waals surface area contributed by atoms with Crippen LogP contribution in [0, 0.1) is 0 Å². The lowest BCUT2D eigenvalue weighted by Crippen LogP contribution is -2.28. The number of hydrogen-bond donors (Lipinski definition) is 2. The van der Waals surface area contributed by atoms with E-state index in [9.17, 15) is 4.79 Å². The zero-order valence-corrected chi connectivity index (χ0v) is 8.36. The van der Waals surface area contributed by atoms with Crippen molar-refractivity contribution in [3.8, 4) is 0 Å². The Labute approximate surface area is 83.3 Å². The Morgan fingerprint density at radius 3 is 3.07 bits per heavy atom. The number of nitrogen functional groups attached to an aromatic ring is 1. The Kier molecular flexibility index (Phi) is 3.97. The Hall–Kier alpha value is -1.52. The van der Waals surface area contributed by atoms with Crippen LogP contribution < -0.4 is 11.1 Å². The molecule has 1 aromatic rings. The van der Waals surface area contributed by atoms with Crippen LogP contribution in [0.2, 0.25) is 0 Å². The van der Waals surface area contributed by atoms with Gasteiger partial charge in [-0.15, -0.1) is 0 Å². The first-order chi connectivity index (χ1) is 6.74. The van der Waals surface area contributed by atoms with E-state index in [2.05, 4.69) is 17.2 Å². The van der Waals surface area contributed by atoms with Crippen molar-refractivity contribution in [3.63, 3.8) is 0 Å². The number of hydrogen-bond acceptors (Lipinski definition) is 3. The van der Waals surface area contributed by atoms with E-state index in [-0.39, 0.29) is 12.5 Å². The Morgan fingerprint density at radius 1 is 1.71 bits per heavy atom. The van der Waals surface area contributed by atoms with Gasteiger partial charge in [0, 0.05) is 18.9 Å². The standard InChI is InChI=1S/C9H16N4O/c1-2-3-4-11-8(14)7-13-6-5-12-9(13)10/h5-6H,2-4,7H2,1H3,(H2,10,12)(H,11,14). The third-order valence-electron chi connectivity index (χ3n) is 1.91. The molecule has 1 rings (SSSR count). The molecule has 5 nitrogen and oxygen atoms in total. The van der Waals surface area contributed by atoms with Crippen molar-refractivity contribution in [1.29, 1.82) is 0 Å². The lowest BCUT2D eigenvalue weighted by atomic mass is 10.3. The van der Waals surface area contributed by atoms with Crippen LogP contribution in [-0.4, -0.2) is 22.0 Å². The second-order valence-electron chi connectivity index (χ2n) is 3.12. The molecule has 0 atom stereocenters. The van der Waals surface area contributed by atoms with Crippen LogP contribution in [0.3, 0.4) is 0 Å². The minimum atomic E-state index is -0.0249. The van der Waals surface area contributed by atoms with Crippen LogP contribution in [0.1, 0.15) is 19.8 Å². The zero-order chi connectivity index (χ0) is 10.4. The number of imidazole rings is 1. The first-order valence-corrected chi connectivity index (χ1v) is 4.77. The normalized spacial score (nSPS) is 10.1. The molecule has 0 fully saturated rings. The predicted octanol–water partition coefficient (Wildman–Crippen LogP) is 0.382. The summed E-state index contributed by atoms with van der Waals surface area (Å²) in [5.41, 5.74) is 5.52. The molecule has 0 aliphatic heterocycles. The first kappa shape index (κ1) is 10.6. The quantitative estimate of drug-likeness (QED) is 0.669. The van der Waals surface area contributed by atoms with Gasteiger partial charge in [0.2, 0.25) is 11.9 Å². The molecule has 0 aliphatic carbocycles. The molecule has 0 saturated heterocycles. The van der Waals surface area contributed by atoms with Gasteiger partial charge < -0.3 is 15.6 Å². The summed E-state index contributed by atoms with van der Waals surface area (Å²) in [4.78, 5) is 15.1.